The van der Waals surface area contributed by atoms with E-state index < -0.39 is 10.0 Å². The molecule has 108 valence electrons. The van der Waals surface area contributed by atoms with Crippen molar-refractivity contribution in [3.63, 3.8) is 0 Å². The molecule has 0 radical (unpaired) electrons. The summed E-state index contributed by atoms with van der Waals surface area (Å²) in [7, 11) is -3.36. The van der Waals surface area contributed by atoms with Crippen LogP contribution in [0.5, 0.6) is 0 Å². The number of thiophene rings is 1. The van der Waals surface area contributed by atoms with Crippen LogP contribution in [0.15, 0.2) is 52.3 Å². The summed E-state index contributed by atoms with van der Waals surface area (Å²) in [6.45, 7) is 0. The molecule has 21 heavy (non-hydrogen) atoms. The average molecular weight is 382 g/mol. The monoisotopic (exact) mass is 381 g/mol. The Hall–Kier alpha value is -1.37. The third-order valence-electron chi connectivity index (χ3n) is 3.07. The molecule has 1 heterocycles. The van der Waals surface area contributed by atoms with Crippen LogP contribution in [0.4, 0.5) is 5.69 Å². The lowest BCUT2D eigenvalue weighted by atomic mass is 10.0. The SMILES string of the molecule is CS(=O)(=O)Nc1c(-c2cccs2)cc(Br)c2ccccc12. The van der Waals surface area contributed by atoms with E-state index in [1.54, 1.807) is 11.3 Å². The van der Waals surface area contributed by atoms with Gasteiger partial charge < -0.3 is 0 Å². The summed E-state index contributed by atoms with van der Waals surface area (Å²) in [4.78, 5) is 1.02. The smallest absolute Gasteiger partial charge is 0.229 e. The molecule has 0 amide bonds. The van der Waals surface area contributed by atoms with Gasteiger partial charge in [-0.3, -0.25) is 4.72 Å². The first-order valence-corrected chi connectivity index (χ1v) is 9.75. The number of fused-ring (bicyclic) bond motifs is 1. The van der Waals surface area contributed by atoms with E-state index in [0.717, 1.165) is 25.7 Å². The second-order valence-corrected chi connectivity index (χ2v) is 8.23. The van der Waals surface area contributed by atoms with Crippen molar-refractivity contribution in [3.05, 3.63) is 52.3 Å². The number of hydrogen-bond donors (Lipinski definition) is 1. The van der Waals surface area contributed by atoms with Gasteiger partial charge in [-0.05, 0) is 22.9 Å². The molecule has 0 aliphatic heterocycles. The molecule has 6 heteroatoms. The summed E-state index contributed by atoms with van der Waals surface area (Å²) >= 11 is 5.15. The fourth-order valence-corrected chi connectivity index (χ4v) is 4.17. The van der Waals surface area contributed by atoms with E-state index in [2.05, 4.69) is 20.7 Å². The Balaban J connectivity index is 2.38. The molecule has 0 spiro atoms. The van der Waals surface area contributed by atoms with Gasteiger partial charge in [0.25, 0.3) is 0 Å². The highest BCUT2D eigenvalue weighted by molar-refractivity contribution is 9.10. The standard InChI is InChI=1S/C15H12BrNO2S2/c1-21(18,19)17-15-11-6-3-2-5-10(11)13(16)9-12(15)14-7-4-8-20-14/h2-9,17H,1H3. The number of anilines is 1. The molecule has 1 N–H and O–H groups in total. The molecule has 0 saturated heterocycles. The molecular weight excluding hydrogens is 370 g/mol. The molecule has 0 unspecified atom stereocenters. The quantitative estimate of drug-likeness (QED) is 0.714. The fourth-order valence-electron chi connectivity index (χ4n) is 2.25. The van der Waals surface area contributed by atoms with Crippen LogP contribution in [0.1, 0.15) is 0 Å². The van der Waals surface area contributed by atoms with Crippen LogP contribution in [0.3, 0.4) is 0 Å². The Morgan fingerprint density at radius 2 is 1.81 bits per heavy atom. The normalized spacial score (nSPS) is 11.7. The van der Waals surface area contributed by atoms with Crippen molar-refractivity contribution in [2.24, 2.45) is 0 Å². The Kier molecular flexibility index (Phi) is 3.77. The van der Waals surface area contributed by atoms with Gasteiger partial charge in [-0.15, -0.1) is 11.3 Å². The van der Waals surface area contributed by atoms with Crippen LogP contribution in [-0.2, 0) is 10.0 Å². The number of rotatable bonds is 3. The molecule has 3 nitrogen and oxygen atoms in total. The highest BCUT2D eigenvalue weighted by Crippen LogP contribution is 2.41. The number of nitrogens with one attached hydrogen (secondary N) is 1. The third-order valence-corrected chi connectivity index (χ3v) is 5.20. The summed E-state index contributed by atoms with van der Waals surface area (Å²) < 4.78 is 27.1. The summed E-state index contributed by atoms with van der Waals surface area (Å²) in [5.41, 5.74) is 1.50. The molecule has 0 aliphatic rings. The van der Waals surface area contributed by atoms with Gasteiger partial charge in [0.1, 0.15) is 0 Å². The van der Waals surface area contributed by atoms with Crippen LogP contribution >= 0.6 is 27.3 Å². The Bertz CT molecular complexity index is 903. The summed E-state index contributed by atoms with van der Waals surface area (Å²) in [6, 6.07) is 13.6. The Morgan fingerprint density at radius 1 is 1.10 bits per heavy atom. The number of hydrogen-bond acceptors (Lipinski definition) is 3. The molecular formula is C15H12BrNO2S2. The molecule has 0 fully saturated rings. The van der Waals surface area contributed by atoms with Crippen molar-refractivity contribution in [3.8, 4) is 10.4 Å². The largest absolute Gasteiger partial charge is 0.282 e. The van der Waals surface area contributed by atoms with Gasteiger partial charge in [-0.25, -0.2) is 8.42 Å². The van der Waals surface area contributed by atoms with Crippen LogP contribution in [0, 0.1) is 0 Å². The minimum atomic E-state index is -3.36. The van der Waals surface area contributed by atoms with Crippen LogP contribution < -0.4 is 4.72 Å². The lowest BCUT2D eigenvalue weighted by Gasteiger charge is -2.14. The predicted molar refractivity (Wildman–Crippen MR) is 93.4 cm³/mol. The molecule has 3 aromatic rings. The fraction of sp³-hybridized carbons (Fsp3) is 0.0667. The first-order valence-electron chi connectivity index (χ1n) is 6.18. The van der Waals surface area contributed by atoms with Gasteiger partial charge in [0.05, 0.1) is 11.9 Å². The summed E-state index contributed by atoms with van der Waals surface area (Å²) in [6.07, 6.45) is 1.17. The third kappa shape index (κ3) is 2.97. The zero-order valence-corrected chi connectivity index (χ0v) is 14.3. The maximum Gasteiger partial charge on any atom is 0.229 e. The maximum absolute atomic E-state index is 11.7. The minimum Gasteiger partial charge on any atom is -0.282 e. The van der Waals surface area contributed by atoms with E-state index in [-0.39, 0.29) is 0 Å². The van der Waals surface area contributed by atoms with Gasteiger partial charge in [-0.2, -0.15) is 0 Å². The number of halogens is 1. The Morgan fingerprint density at radius 3 is 2.43 bits per heavy atom. The second kappa shape index (κ2) is 5.44. The molecule has 1 aromatic heterocycles. The van der Waals surface area contributed by atoms with Gasteiger partial charge in [0.2, 0.25) is 10.0 Å². The van der Waals surface area contributed by atoms with E-state index >= 15 is 0 Å². The van der Waals surface area contributed by atoms with Crippen molar-refractivity contribution in [1.82, 2.24) is 0 Å². The molecule has 0 atom stereocenters. The lowest BCUT2D eigenvalue weighted by molar-refractivity contribution is 0.607. The van der Waals surface area contributed by atoms with Gasteiger partial charge in [0.15, 0.2) is 0 Å². The molecule has 0 saturated carbocycles. The number of benzene rings is 2. The summed E-state index contributed by atoms with van der Waals surface area (Å²) in [5.74, 6) is 0. The average Bonchev–Trinajstić information content (AvgIpc) is 2.94. The predicted octanol–water partition coefficient (Wildman–Crippen LogP) is 4.70. The zero-order chi connectivity index (χ0) is 15.0. The van der Waals surface area contributed by atoms with Crippen LogP contribution in [0.25, 0.3) is 21.2 Å². The van der Waals surface area contributed by atoms with Crippen molar-refractivity contribution in [2.45, 2.75) is 0 Å². The molecule has 3 rings (SSSR count). The van der Waals surface area contributed by atoms with Crippen molar-refractivity contribution < 1.29 is 8.42 Å². The first kappa shape index (κ1) is 14.6. The van der Waals surface area contributed by atoms with Crippen molar-refractivity contribution >= 4 is 53.7 Å². The van der Waals surface area contributed by atoms with Crippen LogP contribution in [-0.4, -0.2) is 14.7 Å². The Labute approximate surface area is 135 Å². The van der Waals surface area contributed by atoms with Gasteiger partial charge >= 0.3 is 0 Å². The van der Waals surface area contributed by atoms with E-state index in [9.17, 15) is 8.42 Å². The lowest BCUT2D eigenvalue weighted by Crippen LogP contribution is -2.11. The molecule has 0 aliphatic carbocycles. The van der Waals surface area contributed by atoms with E-state index in [1.807, 2.05) is 47.8 Å². The highest BCUT2D eigenvalue weighted by Gasteiger charge is 2.16. The number of sulfonamides is 1. The zero-order valence-electron chi connectivity index (χ0n) is 11.1. The second-order valence-electron chi connectivity index (χ2n) is 4.68. The van der Waals surface area contributed by atoms with Gasteiger partial charge in [-0.1, -0.05) is 46.3 Å². The maximum atomic E-state index is 11.7. The first-order chi connectivity index (χ1) is 9.96. The van der Waals surface area contributed by atoms with E-state index in [1.165, 1.54) is 6.26 Å². The molecule has 2 aromatic carbocycles. The summed E-state index contributed by atoms with van der Waals surface area (Å²) in [5, 5.41) is 3.83. The van der Waals surface area contributed by atoms with E-state index in [0.29, 0.717) is 5.69 Å². The highest BCUT2D eigenvalue weighted by atomic mass is 79.9. The van der Waals surface area contributed by atoms with Crippen molar-refractivity contribution in [2.75, 3.05) is 11.0 Å². The van der Waals surface area contributed by atoms with Gasteiger partial charge in [0, 0.05) is 20.3 Å². The van der Waals surface area contributed by atoms with Crippen LogP contribution in [0.2, 0.25) is 0 Å². The van der Waals surface area contributed by atoms with Crippen molar-refractivity contribution in [1.29, 1.82) is 0 Å². The van der Waals surface area contributed by atoms with E-state index in [4.69, 9.17) is 0 Å². The minimum absolute atomic E-state index is 0.624. The topological polar surface area (TPSA) is 46.2 Å². The molecule has 0 bridgehead atoms.